The average Bonchev–Trinajstić information content (AvgIpc) is 2.00. The van der Waals surface area contributed by atoms with E-state index in [9.17, 15) is 4.79 Å². The number of rotatable bonds is 5. The second kappa shape index (κ2) is 6.00. The molecule has 0 saturated heterocycles. The third kappa shape index (κ3) is 5.13. The molecule has 0 heterocycles. The van der Waals surface area contributed by atoms with Crippen LogP contribution >= 0.6 is 0 Å². The Kier molecular flexibility index (Phi) is 5.72. The maximum Gasteiger partial charge on any atom is 0.219 e. The van der Waals surface area contributed by atoms with Crippen molar-refractivity contribution in [2.45, 2.75) is 26.7 Å². The van der Waals surface area contributed by atoms with Gasteiger partial charge in [0.25, 0.3) is 0 Å². The summed E-state index contributed by atoms with van der Waals surface area (Å²) >= 11 is 0. The predicted octanol–water partition coefficient (Wildman–Crippen LogP) is 0.840. The van der Waals surface area contributed by atoms with Gasteiger partial charge in [-0.1, -0.05) is 6.92 Å². The topological polar surface area (TPSA) is 46.3 Å². The average molecular weight is 172 g/mol. The molecular formula is C9H20N2O. The molecule has 2 N–H and O–H groups in total. The molecule has 0 aromatic carbocycles. The molecule has 0 radical (unpaired) electrons. The van der Waals surface area contributed by atoms with E-state index in [-0.39, 0.29) is 5.91 Å². The highest BCUT2D eigenvalue weighted by molar-refractivity contribution is 5.72. The van der Waals surface area contributed by atoms with Crippen LogP contribution < -0.4 is 5.73 Å². The molecule has 1 amide bonds. The number of hydrogen-bond donors (Lipinski definition) is 1. The highest BCUT2D eigenvalue weighted by Gasteiger charge is 2.05. The van der Waals surface area contributed by atoms with Crippen molar-refractivity contribution < 1.29 is 4.79 Å². The van der Waals surface area contributed by atoms with Crippen molar-refractivity contribution in [1.29, 1.82) is 0 Å². The summed E-state index contributed by atoms with van der Waals surface area (Å²) in [5.41, 5.74) is 5.42. The zero-order valence-corrected chi connectivity index (χ0v) is 8.34. The van der Waals surface area contributed by atoms with E-state index in [1.54, 1.807) is 11.8 Å². The van der Waals surface area contributed by atoms with E-state index < -0.39 is 0 Å². The minimum atomic E-state index is 0.134. The number of nitrogens with zero attached hydrogens (tertiary/aromatic N) is 1. The zero-order valence-electron chi connectivity index (χ0n) is 8.34. The van der Waals surface area contributed by atoms with Crippen LogP contribution in [0.15, 0.2) is 0 Å². The molecule has 3 heteroatoms. The monoisotopic (exact) mass is 172 g/mol. The fraction of sp³-hybridized carbons (Fsp3) is 0.889. The van der Waals surface area contributed by atoms with Gasteiger partial charge in [-0.3, -0.25) is 4.79 Å². The zero-order chi connectivity index (χ0) is 9.56. The van der Waals surface area contributed by atoms with Crippen LogP contribution in [-0.2, 0) is 4.79 Å². The maximum atomic E-state index is 10.8. The molecule has 0 saturated carbocycles. The highest BCUT2D eigenvalue weighted by Crippen LogP contribution is 2.06. The van der Waals surface area contributed by atoms with E-state index in [1.165, 1.54) is 0 Å². The van der Waals surface area contributed by atoms with Crippen LogP contribution in [0.1, 0.15) is 26.7 Å². The molecule has 0 aliphatic rings. The fourth-order valence-electron chi connectivity index (χ4n) is 1.00. The van der Waals surface area contributed by atoms with Gasteiger partial charge in [-0.2, -0.15) is 0 Å². The van der Waals surface area contributed by atoms with Crippen molar-refractivity contribution >= 4 is 5.91 Å². The molecule has 1 unspecified atom stereocenters. The van der Waals surface area contributed by atoms with E-state index in [0.29, 0.717) is 5.92 Å². The van der Waals surface area contributed by atoms with Gasteiger partial charge in [-0.15, -0.1) is 0 Å². The minimum absolute atomic E-state index is 0.134. The van der Waals surface area contributed by atoms with E-state index in [2.05, 4.69) is 6.92 Å². The van der Waals surface area contributed by atoms with Gasteiger partial charge in [-0.05, 0) is 25.3 Å². The lowest BCUT2D eigenvalue weighted by Crippen LogP contribution is -2.26. The molecule has 0 rings (SSSR count). The normalized spacial score (nSPS) is 12.7. The summed E-state index contributed by atoms with van der Waals surface area (Å²) in [6, 6.07) is 0. The van der Waals surface area contributed by atoms with Crippen molar-refractivity contribution in [2.75, 3.05) is 20.1 Å². The van der Waals surface area contributed by atoms with Crippen molar-refractivity contribution in [3.8, 4) is 0 Å². The Morgan fingerprint density at radius 2 is 2.08 bits per heavy atom. The lowest BCUT2D eigenvalue weighted by atomic mass is 10.0. The Hall–Kier alpha value is -0.570. The number of hydrogen-bond acceptors (Lipinski definition) is 2. The van der Waals surface area contributed by atoms with Gasteiger partial charge in [-0.25, -0.2) is 0 Å². The lowest BCUT2D eigenvalue weighted by Gasteiger charge is -2.17. The van der Waals surface area contributed by atoms with Gasteiger partial charge in [0.1, 0.15) is 0 Å². The number of carbonyl (C=O) groups is 1. The van der Waals surface area contributed by atoms with Gasteiger partial charge in [0, 0.05) is 20.5 Å². The summed E-state index contributed by atoms with van der Waals surface area (Å²) in [6.45, 7) is 5.34. The van der Waals surface area contributed by atoms with Gasteiger partial charge in [0.05, 0.1) is 0 Å². The standard InChI is InChI=1S/C9H20N2O/c1-8(4-6-10)5-7-11(3)9(2)12/h8H,4-7,10H2,1-3H3. The molecule has 0 bridgehead atoms. The number of nitrogens with two attached hydrogens (primary N) is 1. The molecule has 0 aliphatic carbocycles. The summed E-state index contributed by atoms with van der Waals surface area (Å²) in [4.78, 5) is 12.6. The van der Waals surface area contributed by atoms with E-state index in [4.69, 9.17) is 5.73 Å². The van der Waals surface area contributed by atoms with Crippen molar-refractivity contribution in [3.63, 3.8) is 0 Å². The summed E-state index contributed by atoms with van der Waals surface area (Å²) in [7, 11) is 1.83. The Morgan fingerprint density at radius 3 is 2.50 bits per heavy atom. The van der Waals surface area contributed by atoms with Crippen LogP contribution in [0.2, 0.25) is 0 Å². The molecular weight excluding hydrogens is 152 g/mol. The van der Waals surface area contributed by atoms with Gasteiger partial charge in [0.2, 0.25) is 5.91 Å². The first kappa shape index (κ1) is 11.4. The minimum Gasteiger partial charge on any atom is -0.346 e. The van der Waals surface area contributed by atoms with Crippen LogP contribution in [0.5, 0.6) is 0 Å². The molecule has 72 valence electrons. The van der Waals surface area contributed by atoms with Crippen LogP contribution in [0, 0.1) is 5.92 Å². The van der Waals surface area contributed by atoms with E-state index in [0.717, 1.165) is 25.9 Å². The quantitative estimate of drug-likeness (QED) is 0.668. The van der Waals surface area contributed by atoms with Crippen LogP contribution in [0.25, 0.3) is 0 Å². The largest absolute Gasteiger partial charge is 0.346 e. The Morgan fingerprint density at radius 1 is 1.50 bits per heavy atom. The SMILES string of the molecule is CC(=O)N(C)CCC(C)CCN. The maximum absolute atomic E-state index is 10.8. The molecule has 12 heavy (non-hydrogen) atoms. The third-order valence-corrected chi connectivity index (χ3v) is 2.15. The van der Waals surface area contributed by atoms with Crippen LogP contribution in [0.3, 0.4) is 0 Å². The molecule has 1 atom stereocenters. The Labute approximate surface area is 74.9 Å². The summed E-state index contributed by atoms with van der Waals surface area (Å²) in [5, 5.41) is 0. The Bertz CT molecular complexity index is 136. The molecule has 3 nitrogen and oxygen atoms in total. The summed E-state index contributed by atoms with van der Waals surface area (Å²) < 4.78 is 0. The molecule has 0 spiro atoms. The van der Waals surface area contributed by atoms with E-state index >= 15 is 0 Å². The van der Waals surface area contributed by atoms with Crippen LogP contribution in [-0.4, -0.2) is 30.9 Å². The lowest BCUT2D eigenvalue weighted by molar-refractivity contribution is -0.127. The van der Waals surface area contributed by atoms with Gasteiger partial charge >= 0.3 is 0 Å². The summed E-state index contributed by atoms with van der Waals surface area (Å²) in [5.74, 6) is 0.756. The number of carbonyl (C=O) groups excluding carboxylic acids is 1. The van der Waals surface area contributed by atoms with Gasteiger partial charge in [0.15, 0.2) is 0 Å². The first-order valence-corrected chi connectivity index (χ1v) is 4.49. The predicted molar refractivity (Wildman–Crippen MR) is 50.8 cm³/mol. The molecule has 0 aromatic rings. The first-order chi connectivity index (χ1) is 5.57. The van der Waals surface area contributed by atoms with Crippen LogP contribution in [0.4, 0.5) is 0 Å². The Balaban J connectivity index is 3.46. The summed E-state index contributed by atoms with van der Waals surface area (Å²) in [6.07, 6.45) is 2.10. The third-order valence-electron chi connectivity index (χ3n) is 2.15. The van der Waals surface area contributed by atoms with Gasteiger partial charge < -0.3 is 10.6 Å². The van der Waals surface area contributed by atoms with Crippen molar-refractivity contribution in [1.82, 2.24) is 4.90 Å². The second-order valence-corrected chi connectivity index (χ2v) is 3.41. The second-order valence-electron chi connectivity index (χ2n) is 3.41. The molecule has 0 aliphatic heterocycles. The van der Waals surface area contributed by atoms with Crippen molar-refractivity contribution in [2.24, 2.45) is 11.7 Å². The highest BCUT2D eigenvalue weighted by atomic mass is 16.2. The smallest absolute Gasteiger partial charge is 0.219 e. The molecule has 0 aromatic heterocycles. The molecule has 0 fully saturated rings. The van der Waals surface area contributed by atoms with E-state index in [1.807, 2.05) is 7.05 Å². The van der Waals surface area contributed by atoms with Crippen molar-refractivity contribution in [3.05, 3.63) is 0 Å². The number of amides is 1. The fourth-order valence-corrected chi connectivity index (χ4v) is 1.00. The first-order valence-electron chi connectivity index (χ1n) is 4.49.